The van der Waals surface area contributed by atoms with E-state index in [1.165, 1.54) is 7.11 Å². The molecule has 1 unspecified atom stereocenters. The van der Waals surface area contributed by atoms with E-state index in [1.54, 1.807) is 4.90 Å². The first-order chi connectivity index (χ1) is 15.2. The van der Waals surface area contributed by atoms with Crippen molar-refractivity contribution in [3.8, 4) is 11.1 Å². The molecule has 2 aromatic rings. The summed E-state index contributed by atoms with van der Waals surface area (Å²) in [5.74, 6) is -0.0510. The number of nitrogens with zero attached hydrogens (tertiary/aromatic N) is 3. The van der Waals surface area contributed by atoms with Crippen molar-refractivity contribution in [1.82, 2.24) is 9.80 Å². The molecule has 7 heteroatoms. The maximum absolute atomic E-state index is 13.3. The van der Waals surface area contributed by atoms with Crippen molar-refractivity contribution in [2.75, 3.05) is 40.0 Å². The third-order valence-corrected chi connectivity index (χ3v) is 5.76. The molecule has 2 saturated heterocycles. The van der Waals surface area contributed by atoms with Crippen molar-refractivity contribution < 1.29 is 19.2 Å². The molecule has 2 fully saturated rings. The van der Waals surface area contributed by atoms with E-state index in [0.29, 0.717) is 44.8 Å². The molecule has 2 aromatic carbocycles. The normalized spacial score (nSPS) is 20.2. The Balaban J connectivity index is 1.49. The van der Waals surface area contributed by atoms with Crippen LogP contribution < -0.4 is 0 Å². The molecular formula is C24H27N3O4. The minimum atomic E-state index is -0.231. The Labute approximate surface area is 182 Å². The third-order valence-electron chi connectivity index (χ3n) is 5.76. The number of amides is 2. The van der Waals surface area contributed by atoms with Gasteiger partial charge in [-0.1, -0.05) is 47.6 Å². The van der Waals surface area contributed by atoms with Crippen molar-refractivity contribution in [3.63, 3.8) is 0 Å². The molecule has 0 bridgehead atoms. The lowest BCUT2D eigenvalue weighted by Crippen LogP contribution is -2.44. The molecule has 1 atom stereocenters. The lowest BCUT2D eigenvalue weighted by atomic mass is 10.0. The number of carbonyl (C=O) groups is 2. The zero-order valence-corrected chi connectivity index (χ0v) is 17.7. The zero-order valence-electron chi connectivity index (χ0n) is 17.7. The van der Waals surface area contributed by atoms with Gasteiger partial charge in [0.1, 0.15) is 7.11 Å². The van der Waals surface area contributed by atoms with E-state index >= 15 is 0 Å². The summed E-state index contributed by atoms with van der Waals surface area (Å²) in [4.78, 5) is 34.6. The molecule has 0 saturated carbocycles. The average Bonchev–Trinajstić information content (AvgIpc) is 3.22. The number of morpholine rings is 1. The predicted octanol–water partition coefficient (Wildman–Crippen LogP) is 2.82. The molecule has 2 aliphatic heterocycles. The minimum Gasteiger partial charge on any atom is -0.399 e. The highest BCUT2D eigenvalue weighted by Gasteiger charge is 2.36. The molecule has 162 valence electrons. The fourth-order valence-electron chi connectivity index (χ4n) is 4.13. The highest BCUT2D eigenvalue weighted by Crippen LogP contribution is 2.25. The first kappa shape index (κ1) is 21.1. The summed E-state index contributed by atoms with van der Waals surface area (Å²) in [6.45, 7) is 2.68. The van der Waals surface area contributed by atoms with Gasteiger partial charge < -0.3 is 19.4 Å². The Hall–Kier alpha value is -3.19. The Morgan fingerprint density at radius 2 is 1.71 bits per heavy atom. The molecule has 0 N–H and O–H groups in total. The monoisotopic (exact) mass is 421 g/mol. The SMILES string of the molecule is CO/N=C1\CC(CC(=O)N2CCOCC2)N(C(=O)c2ccc(-c3ccccc3)cc2)C1. The average molecular weight is 421 g/mol. The Bertz CT molecular complexity index is 937. The minimum absolute atomic E-state index is 0.0455. The van der Waals surface area contributed by atoms with Gasteiger partial charge in [-0.05, 0) is 23.3 Å². The fourth-order valence-corrected chi connectivity index (χ4v) is 4.13. The molecule has 0 spiro atoms. The fraction of sp³-hybridized carbons (Fsp3) is 0.375. The van der Waals surface area contributed by atoms with Crippen LogP contribution in [0.3, 0.4) is 0 Å². The molecule has 7 nitrogen and oxygen atoms in total. The summed E-state index contributed by atoms with van der Waals surface area (Å²) in [5, 5.41) is 4.05. The molecule has 2 amide bonds. The van der Waals surface area contributed by atoms with Gasteiger partial charge in [0, 0.05) is 37.5 Å². The van der Waals surface area contributed by atoms with E-state index in [4.69, 9.17) is 9.57 Å². The van der Waals surface area contributed by atoms with Crippen LogP contribution in [0, 0.1) is 0 Å². The van der Waals surface area contributed by atoms with Gasteiger partial charge in [0.15, 0.2) is 0 Å². The van der Waals surface area contributed by atoms with Crippen molar-refractivity contribution in [2.45, 2.75) is 18.9 Å². The van der Waals surface area contributed by atoms with Gasteiger partial charge >= 0.3 is 0 Å². The van der Waals surface area contributed by atoms with Crippen LogP contribution in [-0.2, 0) is 14.4 Å². The Kier molecular flexibility index (Phi) is 6.62. The first-order valence-corrected chi connectivity index (χ1v) is 10.6. The van der Waals surface area contributed by atoms with E-state index in [9.17, 15) is 9.59 Å². The third kappa shape index (κ3) is 4.94. The number of hydrogen-bond acceptors (Lipinski definition) is 5. The maximum atomic E-state index is 13.3. The van der Waals surface area contributed by atoms with Gasteiger partial charge in [-0.3, -0.25) is 9.59 Å². The summed E-state index contributed by atoms with van der Waals surface area (Å²) >= 11 is 0. The van der Waals surface area contributed by atoms with Crippen molar-refractivity contribution in [1.29, 1.82) is 0 Å². The lowest BCUT2D eigenvalue weighted by molar-refractivity contribution is -0.136. The smallest absolute Gasteiger partial charge is 0.254 e. The van der Waals surface area contributed by atoms with Gasteiger partial charge in [0.2, 0.25) is 5.91 Å². The second kappa shape index (κ2) is 9.75. The molecule has 2 aliphatic rings. The van der Waals surface area contributed by atoms with Crippen molar-refractivity contribution in [3.05, 3.63) is 60.2 Å². The largest absolute Gasteiger partial charge is 0.399 e. The molecule has 0 radical (unpaired) electrons. The number of hydrogen-bond donors (Lipinski definition) is 0. The molecular weight excluding hydrogens is 394 g/mol. The lowest BCUT2D eigenvalue weighted by Gasteiger charge is -2.30. The van der Waals surface area contributed by atoms with Crippen LogP contribution >= 0.6 is 0 Å². The van der Waals surface area contributed by atoms with E-state index in [2.05, 4.69) is 5.16 Å². The number of oxime groups is 1. The van der Waals surface area contributed by atoms with Crippen LogP contribution in [0.1, 0.15) is 23.2 Å². The number of rotatable bonds is 5. The van der Waals surface area contributed by atoms with Gasteiger partial charge in [-0.2, -0.15) is 0 Å². The van der Waals surface area contributed by atoms with E-state index < -0.39 is 0 Å². The van der Waals surface area contributed by atoms with E-state index in [-0.39, 0.29) is 24.3 Å². The topological polar surface area (TPSA) is 71.4 Å². The summed E-state index contributed by atoms with van der Waals surface area (Å²) in [5.41, 5.74) is 3.53. The number of carbonyl (C=O) groups excluding carboxylic acids is 2. The first-order valence-electron chi connectivity index (χ1n) is 10.6. The van der Waals surface area contributed by atoms with Crippen LogP contribution in [0.25, 0.3) is 11.1 Å². The molecule has 2 heterocycles. The van der Waals surface area contributed by atoms with Crippen LogP contribution in [-0.4, -0.2) is 73.3 Å². The Morgan fingerprint density at radius 1 is 1.03 bits per heavy atom. The summed E-state index contributed by atoms with van der Waals surface area (Å²) < 4.78 is 5.33. The molecule has 4 rings (SSSR count). The molecule has 0 aromatic heterocycles. The second-order valence-corrected chi connectivity index (χ2v) is 7.77. The van der Waals surface area contributed by atoms with Gasteiger partial charge in [-0.25, -0.2) is 0 Å². The van der Waals surface area contributed by atoms with Crippen LogP contribution in [0.4, 0.5) is 0 Å². The van der Waals surface area contributed by atoms with Crippen LogP contribution in [0.15, 0.2) is 59.8 Å². The Morgan fingerprint density at radius 3 is 2.39 bits per heavy atom. The summed E-state index contributed by atoms with van der Waals surface area (Å²) in [7, 11) is 1.49. The summed E-state index contributed by atoms with van der Waals surface area (Å²) in [6.07, 6.45) is 0.814. The molecule has 31 heavy (non-hydrogen) atoms. The highest BCUT2D eigenvalue weighted by atomic mass is 16.6. The van der Waals surface area contributed by atoms with E-state index in [0.717, 1.165) is 16.8 Å². The van der Waals surface area contributed by atoms with Crippen LogP contribution in [0.5, 0.6) is 0 Å². The quantitative estimate of drug-likeness (QED) is 0.696. The number of ether oxygens (including phenoxy) is 1. The zero-order chi connectivity index (χ0) is 21.6. The predicted molar refractivity (Wildman–Crippen MR) is 118 cm³/mol. The van der Waals surface area contributed by atoms with Gasteiger partial charge in [0.25, 0.3) is 5.91 Å². The number of benzene rings is 2. The van der Waals surface area contributed by atoms with E-state index in [1.807, 2.05) is 59.5 Å². The van der Waals surface area contributed by atoms with Gasteiger partial charge in [-0.15, -0.1) is 0 Å². The van der Waals surface area contributed by atoms with Crippen molar-refractivity contribution in [2.24, 2.45) is 5.16 Å². The maximum Gasteiger partial charge on any atom is 0.254 e. The molecule has 0 aliphatic carbocycles. The number of likely N-dealkylation sites (tertiary alicyclic amines) is 1. The van der Waals surface area contributed by atoms with Crippen molar-refractivity contribution >= 4 is 17.5 Å². The van der Waals surface area contributed by atoms with Gasteiger partial charge in [0.05, 0.1) is 25.5 Å². The summed E-state index contributed by atoms with van der Waals surface area (Å²) in [6, 6.07) is 17.4. The standard InChI is InChI=1S/C24H27N3O4/c1-30-25-21-15-22(16-23(28)26-11-13-31-14-12-26)27(17-21)24(29)20-9-7-19(8-10-20)18-5-3-2-4-6-18/h2-10,22H,11-17H2,1H3/b25-21+. The highest BCUT2D eigenvalue weighted by molar-refractivity contribution is 6.01. The van der Waals surface area contributed by atoms with Crippen LogP contribution in [0.2, 0.25) is 0 Å². The second-order valence-electron chi connectivity index (χ2n) is 7.77.